The number of hydrogen-bond acceptors (Lipinski definition) is 2. The molecule has 0 saturated carbocycles. The van der Waals surface area contributed by atoms with Crippen molar-refractivity contribution < 1.29 is 4.79 Å². The highest BCUT2D eigenvalue weighted by Crippen LogP contribution is 2.24. The van der Waals surface area contributed by atoms with E-state index in [9.17, 15) is 4.79 Å². The van der Waals surface area contributed by atoms with Crippen molar-refractivity contribution in [3.05, 3.63) is 53.9 Å². The van der Waals surface area contributed by atoms with E-state index < -0.39 is 0 Å². The molecule has 0 unspecified atom stereocenters. The summed E-state index contributed by atoms with van der Waals surface area (Å²) in [5.74, 6) is 0.162. The molecule has 3 nitrogen and oxygen atoms in total. The van der Waals surface area contributed by atoms with E-state index in [1.165, 1.54) is 12.8 Å². The van der Waals surface area contributed by atoms with E-state index in [-0.39, 0.29) is 5.91 Å². The van der Waals surface area contributed by atoms with Crippen LogP contribution in [0.2, 0.25) is 0 Å². The quantitative estimate of drug-likeness (QED) is 0.836. The Morgan fingerprint density at radius 1 is 1.09 bits per heavy atom. The number of carbonyl (C=O) groups is 1. The Morgan fingerprint density at radius 3 is 2.59 bits per heavy atom. The number of rotatable bonds is 2. The third-order valence-corrected chi connectivity index (χ3v) is 4.33. The molecule has 0 aliphatic carbocycles. The molecule has 1 fully saturated rings. The van der Waals surface area contributed by atoms with Gasteiger partial charge in [-0.15, -0.1) is 0 Å². The van der Waals surface area contributed by atoms with E-state index in [4.69, 9.17) is 0 Å². The Hall–Kier alpha value is -2.16. The van der Waals surface area contributed by atoms with E-state index in [0.717, 1.165) is 48.2 Å². The SMILES string of the molecule is Cc1cnccc1-c1cccc(C(=O)N2CCCCCC2)c1. The standard InChI is InChI=1S/C19H22N2O/c1-15-14-20-10-9-18(15)16-7-6-8-17(13-16)19(22)21-11-4-2-3-5-12-21/h6-10,13-14H,2-5,11-12H2,1H3. The number of carbonyl (C=O) groups excluding carboxylic acids is 1. The highest BCUT2D eigenvalue weighted by Gasteiger charge is 2.17. The van der Waals surface area contributed by atoms with Crippen molar-refractivity contribution in [3.8, 4) is 11.1 Å². The van der Waals surface area contributed by atoms with Gasteiger partial charge in [0.2, 0.25) is 0 Å². The molecule has 2 heterocycles. The first-order valence-electron chi connectivity index (χ1n) is 8.06. The van der Waals surface area contributed by atoms with Gasteiger partial charge in [-0.1, -0.05) is 25.0 Å². The van der Waals surface area contributed by atoms with Gasteiger partial charge in [0.05, 0.1) is 0 Å². The summed E-state index contributed by atoms with van der Waals surface area (Å²) in [7, 11) is 0. The molecule has 2 aromatic rings. The third kappa shape index (κ3) is 3.19. The average molecular weight is 294 g/mol. The van der Waals surface area contributed by atoms with E-state index >= 15 is 0 Å². The van der Waals surface area contributed by atoms with Gasteiger partial charge in [0.15, 0.2) is 0 Å². The van der Waals surface area contributed by atoms with Crippen LogP contribution in [-0.4, -0.2) is 28.9 Å². The van der Waals surface area contributed by atoms with Crippen LogP contribution in [0.1, 0.15) is 41.6 Å². The Bertz CT molecular complexity index is 658. The summed E-state index contributed by atoms with van der Waals surface area (Å²) in [6, 6.07) is 9.97. The van der Waals surface area contributed by atoms with Gasteiger partial charge < -0.3 is 4.90 Å². The number of hydrogen-bond donors (Lipinski definition) is 0. The number of aromatic nitrogens is 1. The minimum atomic E-state index is 0.162. The van der Waals surface area contributed by atoms with Crippen LogP contribution in [0, 0.1) is 6.92 Å². The van der Waals surface area contributed by atoms with Gasteiger partial charge in [0.1, 0.15) is 0 Å². The zero-order valence-electron chi connectivity index (χ0n) is 13.1. The van der Waals surface area contributed by atoms with Crippen LogP contribution in [0.15, 0.2) is 42.7 Å². The molecule has 22 heavy (non-hydrogen) atoms. The minimum Gasteiger partial charge on any atom is -0.339 e. The van der Waals surface area contributed by atoms with Crippen LogP contribution in [0.3, 0.4) is 0 Å². The molecule has 1 aliphatic rings. The van der Waals surface area contributed by atoms with Crippen molar-refractivity contribution in [2.24, 2.45) is 0 Å². The Labute approximate surface area is 132 Å². The summed E-state index contributed by atoms with van der Waals surface area (Å²) in [6.07, 6.45) is 8.37. The lowest BCUT2D eigenvalue weighted by atomic mass is 10.00. The molecule has 0 atom stereocenters. The zero-order valence-corrected chi connectivity index (χ0v) is 13.1. The molecule has 0 spiro atoms. The topological polar surface area (TPSA) is 33.2 Å². The second-order valence-corrected chi connectivity index (χ2v) is 5.98. The highest BCUT2D eigenvalue weighted by molar-refractivity contribution is 5.95. The highest BCUT2D eigenvalue weighted by atomic mass is 16.2. The molecule has 1 amide bonds. The number of pyridine rings is 1. The normalized spacial score (nSPS) is 15.4. The Morgan fingerprint density at radius 2 is 1.86 bits per heavy atom. The lowest BCUT2D eigenvalue weighted by Crippen LogP contribution is -2.31. The molecule has 114 valence electrons. The van der Waals surface area contributed by atoms with Crippen LogP contribution in [0.4, 0.5) is 0 Å². The number of nitrogens with zero attached hydrogens (tertiary/aromatic N) is 2. The minimum absolute atomic E-state index is 0.162. The predicted octanol–water partition coefficient (Wildman–Crippen LogP) is 4.07. The van der Waals surface area contributed by atoms with Crippen molar-refractivity contribution in [1.82, 2.24) is 9.88 Å². The monoisotopic (exact) mass is 294 g/mol. The molecule has 1 aromatic carbocycles. The van der Waals surface area contributed by atoms with Gasteiger partial charge in [0.25, 0.3) is 5.91 Å². The first-order valence-corrected chi connectivity index (χ1v) is 8.06. The lowest BCUT2D eigenvalue weighted by molar-refractivity contribution is 0.0761. The number of aryl methyl sites for hydroxylation is 1. The molecule has 1 aromatic heterocycles. The summed E-state index contributed by atoms with van der Waals surface area (Å²) in [5.41, 5.74) is 4.14. The first-order chi connectivity index (χ1) is 10.8. The van der Waals surface area contributed by atoms with Crippen LogP contribution in [0.5, 0.6) is 0 Å². The fourth-order valence-electron chi connectivity index (χ4n) is 3.07. The van der Waals surface area contributed by atoms with E-state index in [1.54, 1.807) is 6.20 Å². The molecule has 0 bridgehead atoms. The van der Waals surface area contributed by atoms with Gasteiger partial charge in [0, 0.05) is 31.0 Å². The molecule has 3 rings (SSSR count). The number of likely N-dealkylation sites (tertiary alicyclic amines) is 1. The Balaban J connectivity index is 1.87. The van der Waals surface area contributed by atoms with Crippen LogP contribution in [0.25, 0.3) is 11.1 Å². The van der Waals surface area contributed by atoms with Crippen molar-refractivity contribution in [1.29, 1.82) is 0 Å². The van der Waals surface area contributed by atoms with Gasteiger partial charge in [-0.3, -0.25) is 9.78 Å². The summed E-state index contributed by atoms with van der Waals surface area (Å²) >= 11 is 0. The fraction of sp³-hybridized carbons (Fsp3) is 0.368. The largest absolute Gasteiger partial charge is 0.339 e. The van der Waals surface area contributed by atoms with Crippen LogP contribution >= 0.6 is 0 Å². The van der Waals surface area contributed by atoms with Crippen molar-refractivity contribution >= 4 is 5.91 Å². The maximum atomic E-state index is 12.7. The molecule has 1 saturated heterocycles. The second-order valence-electron chi connectivity index (χ2n) is 5.98. The van der Waals surface area contributed by atoms with Crippen LogP contribution < -0.4 is 0 Å². The molecule has 0 N–H and O–H groups in total. The van der Waals surface area contributed by atoms with Gasteiger partial charge >= 0.3 is 0 Å². The fourth-order valence-corrected chi connectivity index (χ4v) is 3.07. The summed E-state index contributed by atoms with van der Waals surface area (Å²) < 4.78 is 0. The molecule has 1 aliphatic heterocycles. The van der Waals surface area contributed by atoms with Crippen molar-refractivity contribution in [2.45, 2.75) is 32.6 Å². The Kier molecular flexibility index (Phi) is 4.52. The molecule has 0 radical (unpaired) electrons. The van der Waals surface area contributed by atoms with Gasteiger partial charge in [-0.25, -0.2) is 0 Å². The molecule has 3 heteroatoms. The maximum absolute atomic E-state index is 12.7. The first kappa shape index (κ1) is 14.8. The summed E-state index contributed by atoms with van der Waals surface area (Å²) in [5, 5.41) is 0. The van der Waals surface area contributed by atoms with Crippen molar-refractivity contribution in [3.63, 3.8) is 0 Å². The number of amides is 1. The summed E-state index contributed by atoms with van der Waals surface area (Å²) in [4.78, 5) is 18.9. The van der Waals surface area contributed by atoms with E-state index in [0.29, 0.717) is 0 Å². The maximum Gasteiger partial charge on any atom is 0.253 e. The van der Waals surface area contributed by atoms with Crippen LogP contribution in [-0.2, 0) is 0 Å². The number of benzene rings is 1. The zero-order chi connectivity index (χ0) is 15.4. The smallest absolute Gasteiger partial charge is 0.253 e. The van der Waals surface area contributed by atoms with Crippen molar-refractivity contribution in [2.75, 3.05) is 13.1 Å². The second kappa shape index (κ2) is 6.73. The third-order valence-electron chi connectivity index (χ3n) is 4.33. The summed E-state index contributed by atoms with van der Waals surface area (Å²) in [6.45, 7) is 3.82. The average Bonchev–Trinajstić information content (AvgIpc) is 2.84. The van der Waals surface area contributed by atoms with E-state index in [1.807, 2.05) is 42.3 Å². The van der Waals surface area contributed by atoms with Gasteiger partial charge in [-0.2, -0.15) is 0 Å². The molecular formula is C19H22N2O. The lowest BCUT2D eigenvalue weighted by Gasteiger charge is -2.20. The predicted molar refractivity (Wildman–Crippen MR) is 88.8 cm³/mol. The molecular weight excluding hydrogens is 272 g/mol. The van der Waals surface area contributed by atoms with Gasteiger partial charge in [-0.05, 0) is 54.7 Å². The van der Waals surface area contributed by atoms with E-state index in [2.05, 4.69) is 11.1 Å².